The molecule has 2 atom stereocenters. The summed E-state index contributed by atoms with van der Waals surface area (Å²) in [6.45, 7) is 11.5. The van der Waals surface area contributed by atoms with Gasteiger partial charge >= 0.3 is 0 Å². The van der Waals surface area contributed by atoms with Crippen LogP contribution in [0, 0.1) is 5.92 Å². The van der Waals surface area contributed by atoms with Gasteiger partial charge in [-0.25, -0.2) is 0 Å². The quantitative estimate of drug-likeness (QED) is 0.474. The first-order valence-electron chi connectivity index (χ1n) is 10.5. The van der Waals surface area contributed by atoms with E-state index >= 15 is 0 Å². The summed E-state index contributed by atoms with van der Waals surface area (Å²) in [4.78, 5) is 18.9. The molecule has 0 saturated carbocycles. The number of nitrogens with zero attached hydrogens (tertiary/aromatic N) is 2. The minimum Gasteiger partial charge on any atom is -0.357 e. The molecule has 0 spiro atoms. The van der Waals surface area contributed by atoms with Gasteiger partial charge in [-0.2, -0.15) is 0 Å². The zero-order chi connectivity index (χ0) is 21.3. The Balaban J connectivity index is 1.79. The van der Waals surface area contributed by atoms with Crippen molar-refractivity contribution in [2.45, 2.75) is 45.3 Å². The standard InChI is InChI=1S/C22H36N4O2S/c1-5-23-21(24-12-14-29(28)22(2,3)4)25-16-19-15-20(27)26(17-19)13-11-18-9-7-6-8-10-18/h6-10,19H,5,11-17H2,1-4H3,(H2,23,24,25). The molecule has 1 amide bonds. The second kappa shape index (κ2) is 11.3. The van der Waals surface area contributed by atoms with Crippen molar-refractivity contribution in [2.75, 3.05) is 38.5 Å². The normalized spacial score (nSPS) is 18.8. The third kappa shape index (κ3) is 8.17. The van der Waals surface area contributed by atoms with Crippen LogP contribution >= 0.6 is 0 Å². The van der Waals surface area contributed by atoms with E-state index < -0.39 is 10.8 Å². The van der Waals surface area contributed by atoms with Crippen LogP contribution < -0.4 is 10.6 Å². The minimum atomic E-state index is -0.888. The number of guanidine groups is 1. The van der Waals surface area contributed by atoms with Gasteiger partial charge in [0.05, 0.1) is 0 Å². The average molecular weight is 421 g/mol. The molecule has 1 aliphatic heterocycles. The summed E-state index contributed by atoms with van der Waals surface area (Å²) in [6, 6.07) is 10.3. The Labute approximate surface area is 178 Å². The Bertz CT molecular complexity index is 701. The Morgan fingerprint density at radius 1 is 1.24 bits per heavy atom. The highest BCUT2D eigenvalue weighted by Gasteiger charge is 2.29. The van der Waals surface area contributed by atoms with Gasteiger partial charge in [-0.05, 0) is 39.7 Å². The van der Waals surface area contributed by atoms with E-state index in [1.165, 1.54) is 5.56 Å². The fourth-order valence-electron chi connectivity index (χ4n) is 3.23. The van der Waals surface area contributed by atoms with E-state index in [2.05, 4.69) is 27.8 Å². The van der Waals surface area contributed by atoms with Crippen molar-refractivity contribution in [3.8, 4) is 0 Å². The Morgan fingerprint density at radius 3 is 2.62 bits per heavy atom. The molecule has 1 fully saturated rings. The van der Waals surface area contributed by atoms with Crippen molar-refractivity contribution in [3.63, 3.8) is 0 Å². The lowest BCUT2D eigenvalue weighted by molar-refractivity contribution is -0.127. The van der Waals surface area contributed by atoms with Gasteiger partial charge in [0, 0.05) is 66.4 Å². The van der Waals surface area contributed by atoms with Crippen LogP contribution in [0.2, 0.25) is 0 Å². The maximum absolute atomic E-state index is 12.3. The second-order valence-corrected chi connectivity index (χ2v) is 10.8. The molecule has 0 radical (unpaired) electrons. The number of aliphatic imine (C=N–C) groups is 1. The summed E-state index contributed by atoms with van der Waals surface area (Å²) in [6.07, 6.45) is 1.45. The van der Waals surface area contributed by atoms with Crippen LogP contribution in [-0.2, 0) is 22.0 Å². The van der Waals surface area contributed by atoms with Crippen LogP contribution in [0.3, 0.4) is 0 Å². The first-order valence-corrected chi connectivity index (χ1v) is 11.8. The van der Waals surface area contributed by atoms with Crippen LogP contribution in [0.1, 0.15) is 39.7 Å². The molecule has 162 valence electrons. The topological polar surface area (TPSA) is 73.8 Å². The molecule has 0 aromatic heterocycles. The summed E-state index contributed by atoms with van der Waals surface area (Å²) in [5.74, 6) is 1.79. The van der Waals surface area contributed by atoms with Crippen molar-refractivity contribution in [3.05, 3.63) is 35.9 Å². The largest absolute Gasteiger partial charge is 0.357 e. The first kappa shape index (κ1) is 23.4. The SMILES string of the molecule is CCNC(=NCC1CC(=O)N(CCc2ccccc2)C1)NCCS(=O)C(C)(C)C. The average Bonchev–Trinajstić information content (AvgIpc) is 3.04. The lowest BCUT2D eigenvalue weighted by atomic mass is 10.1. The lowest BCUT2D eigenvalue weighted by Crippen LogP contribution is -2.40. The van der Waals surface area contributed by atoms with Gasteiger partial charge < -0.3 is 15.5 Å². The molecule has 6 nitrogen and oxygen atoms in total. The summed E-state index contributed by atoms with van der Waals surface area (Å²) in [5.41, 5.74) is 1.26. The Kier molecular flexibility index (Phi) is 9.14. The number of hydrogen-bond donors (Lipinski definition) is 2. The third-order valence-electron chi connectivity index (χ3n) is 4.92. The fraction of sp³-hybridized carbons (Fsp3) is 0.636. The number of amides is 1. The van der Waals surface area contributed by atoms with Gasteiger partial charge in [0.2, 0.25) is 5.91 Å². The zero-order valence-corrected chi connectivity index (χ0v) is 19.1. The molecular weight excluding hydrogens is 384 g/mol. The molecule has 29 heavy (non-hydrogen) atoms. The number of carbonyl (C=O) groups excluding carboxylic acids is 1. The van der Waals surface area contributed by atoms with E-state index in [1.807, 2.05) is 50.8 Å². The highest BCUT2D eigenvalue weighted by Crippen LogP contribution is 2.18. The van der Waals surface area contributed by atoms with Crippen LogP contribution in [0.25, 0.3) is 0 Å². The molecule has 1 aromatic carbocycles. The monoisotopic (exact) mass is 420 g/mol. The van der Waals surface area contributed by atoms with Crippen molar-refractivity contribution in [2.24, 2.45) is 10.9 Å². The summed E-state index contributed by atoms with van der Waals surface area (Å²) >= 11 is 0. The van der Waals surface area contributed by atoms with Crippen LogP contribution in [0.15, 0.2) is 35.3 Å². The number of nitrogens with one attached hydrogen (secondary N) is 2. The van der Waals surface area contributed by atoms with E-state index in [9.17, 15) is 9.00 Å². The first-order chi connectivity index (χ1) is 13.8. The summed E-state index contributed by atoms with van der Waals surface area (Å²) < 4.78 is 12.0. The van der Waals surface area contributed by atoms with Crippen molar-refractivity contribution in [1.29, 1.82) is 0 Å². The fourth-order valence-corrected chi connectivity index (χ4v) is 4.13. The predicted molar refractivity (Wildman–Crippen MR) is 122 cm³/mol. The van der Waals surface area contributed by atoms with Gasteiger partial charge in [-0.3, -0.25) is 14.0 Å². The van der Waals surface area contributed by atoms with Crippen LogP contribution in [0.5, 0.6) is 0 Å². The molecule has 1 heterocycles. The number of hydrogen-bond acceptors (Lipinski definition) is 3. The molecular formula is C22H36N4O2S. The molecule has 1 saturated heterocycles. The zero-order valence-electron chi connectivity index (χ0n) is 18.2. The van der Waals surface area contributed by atoms with E-state index in [1.54, 1.807) is 0 Å². The third-order valence-corrected chi connectivity index (χ3v) is 6.86. The van der Waals surface area contributed by atoms with Gasteiger partial charge in [-0.15, -0.1) is 0 Å². The van der Waals surface area contributed by atoms with Crippen LogP contribution in [0.4, 0.5) is 0 Å². The maximum Gasteiger partial charge on any atom is 0.223 e. The van der Waals surface area contributed by atoms with E-state index in [4.69, 9.17) is 0 Å². The van der Waals surface area contributed by atoms with Crippen molar-refractivity contribution in [1.82, 2.24) is 15.5 Å². The van der Waals surface area contributed by atoms with E-state index in [0.29, 0.717) is 25.3 Å². The number of likely N-dealkylation sites (tertiary alicyclic amines) is 1. The second-order valence-electron chi connectivity index (χ2n) is 8.45. The van der Waals surface area contributed by atoms with E-state index in [0.717, 1.165) is 32.0 Å². The molecule has 0 aliphatic carbocycles. The number of carbonyl (C=O) groups is 1. The van der Waals surface area contributed by atoms with Gasteiger partial charge in [0.25, 0.3) is 0 Å². The molecule has 2 N–H and O–H groups in total. The molecule has 1 aromatic rings. The minimum absolute atomic E-state index is 0.204. The lowest BCUT2D eigenvalue weighted by Gasteiger charge is -2.19. The predicted octanol–water partition coefficient (Wildman–Crippen LogP) is 2.18. The van der Waals surface area contributed by atoms with Gasteiger partial charge in [0.1, 0.15) is 0 Å². The van der Waals surface area contributed by atoms with Crippen LogP contribution in [-0.4, -0.2) is 64.2 Å². The highest BCUT2D eigenvalue weighted by molar-refractivity contribution is 7.86. The highest BCUT2D eigenvalue weighted by atomic mass is 32.2. The molecule has 2 unspecified atom stereocenters. The number of rotatable bonds is 9. The van der Waals surface area contributed by atoms with Crippen molar-refractivity contribution < 1.29 is 9.00 Å². The number of benzene rings is 1. The van der Waals surface area contributed by atoms with E-state index in [-0.39, 0.29) is 16.6 Å². The molecule has 7 heteroatoms. The maximum atomic E-state index is 12.3. The van der Waals surface area contributed by atoms with Gasteiger partial charge in [0.15, 0.2) is 5.96 Å². The van der Waals surface area contributed by atoms with Gasteiger partial charge in [-0.1, -0.05) is 30.3 Å². The smallest absolute Gasteiger partial charge is 0.223 e. The summed E-state index contributed by atoms with van der Waals surface area (Å²) in [5, 5.41) is 6.49. The Hall–Kier alpha value is -1.89. The molecule has 2 rings (SSSR count). The molecule has 1 aliphatic rings. The van der Waals surface area contributed by atoms with Crippen molar-refractivity contribution >= 4 is 22.7 Å². The Morgan fingerprint density at radius 2 is 1.97 bits per heavy atom. The summed E-state index contributed by atoms with van der Waals surface area (Å²) in [7, 11) is -0.888. The molecule has 0 bridgehead atoms.